The van der Waals surface area contributed by atoms with Crippen LogP contribution in [0.3, 0.4) is 0 Å². The number of nitrogens with one attached hydrogen (secondary N) is 1. The first-order valence-electron chi connectivity index (χ1n) is 9.43. The number of aryl methyl sites for hydroxylation is 1. The van der Waals surface area contributed by atoms with Gasteiger partial charge in [0.2, 0.25) is 0 Å². The predicted molar refractivity (Wildman–Crippen MR) is 110 cm³/mol. The van der Waals surface area contributed by atoms with Crippen LogP contribution >= 0.6 is 0 Å². The van der Waals surface area contributed by atoms with Gasteiger partial charge in [-0.05, 0) is 49.2 Å². The third-order valence-electron chi connectivity index (χ3n) is 5.06. The van der Waals surface area contributed by atoms with Crippen molar-refractivity contribution >= 4 is 20.7 Å². The molecule has 27 heavy (non-hydrogen) atoms. The summed E-state index contributed by atoms with van der Waals surface area (Å²) in [4.78, 5) is 3.60. The molecule has 0 amide bonds. The second-order valence-electron chi connectivity index (χ2n) is 7.00. The van der Waals surface area contributed by atoms with Gasteiger partial charge in [0.25, 0.3) is 0 Å². The molecule has 1 unspecified atom stereocenters. The molecule has 0 bridgehead atoms. The van der Waals surface area contributed by atoms with Crippen molar-refractivity contribution in [1.82, 2.24) is 4.98 Å². The lowest BCUT2D eigenvalue weighted by atomic mass is 10.0. The zero-order valence-corrected chi connectivity index (χ0v) is 17.0. The number of hydrogen-bond acceptors (Lipinski definition) is 3. The van der Waals surface area contributed by atoms with E-state index in [1.54, 1.807) is 19.2 Å². The van der Waals surface area contributed by atoms with Gasteiger partial charge < -0.3 is 9.72 Å². The minimum Gasteiger partial charge on any atom is -0.497 e. The summed E-state index contributed by atoms with van der Waals surface area (Å²) >= 11 is 0. The first-order chi connectivity index (χ1) is 13.0. The topological polar surface area (TPSA) is 59.2 Å². The monoisotopic (exact) mass is 385 g/mol. The van der Waals surface area contributed by atoms with Crippen LogP contribution in [0.25, 0.3) is 10.9 Å². The number of fused-ring (bicyclic) bond motifs is 1. The number of rotatable bonds is 8. The van der Waals surface area contributed by atoms with Crippen molar-refractivity contribution in [1.29, 1.82) is 0 Å². The molecule has 3 rings (SSSR count). The fourth-order valence-electron chi connectivity index (χ4n) is 3.46. The van der Waals surface area contributed by atoms with E-state index >= 15 is 0 Å². The highest BCUT2D eigenvalue weighted by Gasteiger charge is 2.30. The Morgan fingerprint density at radius 2 is 1.81 bits per heavy atom. The van der Waals surface area contributed by atoms with Crippen LogP contribution in [0.1, 0.15) is 49.0 Å². The summed E-state index contributed by atoms with van der Waals surface area (Å²) < 4.78 is 32.3. The first-order valence-corrected chi connectivity index (χ1v) is 11.0. The number of aromatic nitrogens is 1. The minimum atomic E-state index is -3.49. The van der Waals surface area contributed by atoms with E-state index in [1.807, 2.05) is 43.5 Å². The second-order valence-corrected chi connectivity index (χ2v) is 9.13. The van der Waals surface area contributed by atoms with Gasteiger partial charge >= 0.3 is 0 Å². The quantitative estimate of drug-likeness (QED) is 0.515. The highest BCUT2D eigenvalue weighted by atomic mass is 32.2. The molecule has 144 valence electrons. The summed E-state index contributed by atoms with van der Waals surface area (Å²) in [7, 11) is -1.87. The Morgan fingerprint density at radius 3 is 2.48 bits per heavy atom. The molecular weight excluding hydrogens is 358 g/mol. The Hall–Kier alpha value is -2.27. The molecule has 5 heteroatoms. The molecule has 0 aliphatic rings. The van der Waals surface area contributed by atoms with E-state index in [1.165, 1.54) is 0 Å². The van der Waals surface area contributed by atoms with Crippen LogP contribution in [0.4, 0.5) is 0 Å². The number of benzene rings is 2. The van der Waals surface area contributed by atoms with Gasteiger partial charge in [-0.1, -0.05) is 43.9 Å². The standard InChI is InChI=1S/C22H27NO3S/c1-4-5-6-7-22(27(24,25)18-11-8-16(2)9-12-18)20-15-23-21-13-10-17(26-3)14-19(20)21/h8-15,22-23H,4-7H2,1-3H3. The van der Waals surface area contributed by atoms with Gasteiger partial charge in [-0.3, -0.25) is 0 Å². The Morgan fingerprint density at radius 1 is 1.07 bits per heavy atom. The van der Waals surface area contributed by atoms with Crippen LogP contribution in [0.2, 0.25) is 0 Å². The summed E-state index contributed by atoms with van der Waals surface area (Å²) in [6.45, 7) is 4.08. The lowest BCUT2D eigenvalue weighted by molar-refractivity contribution is 0.415. The van der Waals surface area contributed by atoms with E-state index in [0.717, 1.165) is 47.0 Å². The zero-order valence-electron chi connectivity index (χ0n) is 16.2. The molecule has 3 aromatic rings. The first kappa shape index (κ1) is 19.5. The third-order valence-corrected chi connectivity index (χ3v) is 7.23. The Kier molecular flexibility index (Phi) is 5.90. The number of hydrogen-bond donors (Lipinski definition) is 1. The third kappa shape index (κ3) is 4.03. The molecule has 0 aliphatic heterocycles. The second kappa shape index (κ2) is 8.17. The van der Waals surface area contributed by atoms with Crippen LogP contribution in [-0.4, -0.2) is 20.5 Å². The molecule has 0 radical (unpaired) electrons. The fraction of sp³-hybridized carbons (Fsp3) is 0.364. The Balaban J connectivity index is 2.09. The molecule has 2 aromatic carbocycles. The number of ether oxygens (including phenoxy) is 1. The van der Waals surface area contributed by atoms with Crippen molar-refractivity contribution in [2.45, 2.75) is 49.7 Å². The summed E-state index contributed by atoms with van der Waals surface area (Å²) in [6.07, 6.45) is 5.40. The van der Waals surface area contributed by atoms with Crippen molar-refractivity contribution in [3.63, 3.8) is 0 Å². The number of unbranched alkanes of at least 4 members (excludes halogenated alkanes) is 2. The molecule has 1 atom stereocenters. The largest absolute Gasteiger partial charge is 0.497 e. The number of aromatic amines is 1. The van der Waals surface area contributed by atoms with E-state index in [0.29, 0.717) is 11.3 Å². The zero-order chi connectivity index (χ0) is 19.4. The van der Waals surface area contributed by atoms with Gasteiger partial charge in [0.05, 0.1) is 17.3 Å². The number of sulfone groups is 1. The normalized spacial score (nSPS) is 13.0. The maximum atomic E-state index is 13.5. The lowest BCUT2D eigenvalue weighted by Gasteiger charge is -2.18. The highest BCUT2D eigenvalue weighted by molar-refractivity contribution is 7.91. The van der Waals surface area contributed by atoms with Crippen LogP contribution in [-0.2, 0) is 9.84 Å². The molecule has 0 spiro atoms. The maximum Gasteiger partial charge on any atom is 0.185 e. The Bertz CT molecular complexity index is 1000. The fourth-order valence-corrected chi connectivity index (χ4v) is 5.31. The summed E-state index contributed by atoms with van der Waals surface area (Å²) in [6, 6.07) is 12.9. The summed E-state index contributed by atoms with van der Waals surface area (Å²) in [5, 5.41) is 0.333. The SMILES string of the molecule is CCCCCC(c1c[nH]c2ccc(OC)cc12)S(=O)(=O)c1ccc(C)cc1. The van der Waals surface area contributed by atoms with E-state index in [2.05, 4.69) is 11.9 Å². The molecule has 0 aliphatic carbocycles. The van der Waals surface area contributed by atoms with Gasteiger partial charge in [0.15, 0.2) is 9.84 Å². The van der Waals surface area contributed by atoms with Gasteiger partial charge in [-0.15, -0.1) is 0 Å². The van der Waals surface area contributed by atoms with E-state index in [-0.39, 0.29) is 0 Å². The molecular formula is C22H27NO3S. The van der Waals surface area contributed by atoms with Crippen LogP contribution in [0.5, 0.6) is 5.75 Å². The van der Waals surface area contributed by atoms with Crippen LogP contribution < -0.4 is 4.74 Å². The average molecular weight is 386 g/mol. The van der Waals surface area contributed by atoms with Crippen molar-refractivity contribution in [2.24, 2.45) is 0 Å². The van der Waals surface area contributed by atoms with E-state index in [4.69, 9.17) is 4.74 Å². The molecule has 1 aromatic heterocycles. The van der Waals surface area contributed by atoms with Crippen LogP contribution in [0.15, 0.2) is 53.6 Å². The minimum absolute atomic E-state index is 0.381. The molecule has 4 nitrogen and oxygen atoms in total. The van der Waals surface area contributed by atoms with Gasteiger partial charge in [0, 0.05) is 17.1 Å². The van der Waals surface area contributed by atoms with Gasteiger partial charge in [0.1, 0.15) is 5.75 Å². The lowest BCUT2D eigenvalue weighted by Crippen LogP contribution is -2.14. The van der Waals surface area contributed by atoms with E-state index < -0.39 is 15.1 Å². The molecule has 0 fully saturated rings. The predicted octanol–water partition coefficient (Wildman–Crippen LogP) is 5.58. The van der Waals surface area contributed by atoms with Crippen molar-refractivity contribution in [3.05, 3.63) is 59.8 Å². The molecule has 1 N–H and O–H groups in total. The molecule has 0 saturated carbocycles. The molecule has 0 saturated heterocycles. The Labute approximate surface area is 161 Å². The number of H-pyrrole nitrogens is 1. The summed E-state index contributed by atoms with van der Waals surface area (Å²) in [5.74, 6) is 0.725. The van der Waals surface area contributed by atoms with E-state index in [9.17, 15) is 8.42 Å². The van der Waals surface area contributed by atoms with Gasteiger partial charge in [-0.25, -0.2) is 8.42 Å². The highest BCUT2D eigenvalue weighted by Crippen LogP contribution is 2.38. The smallest absolute Gasteiger partial charge is 0.185 e. The molecule has 1 heterocycles. The van der Waals surface area contributed by atoms with Crippen LogP contribution in [0, 0.1) is 6.92 Å². The van der Waals surface area contributed by atoms with Crippen molar-refractivity contribution in [3.8, 4) is 5.75 Å². The summed E-state index contributed by atoms with van der Waals surface area (Å²) in [5.41, 5.74) is 2.79. The number of methoxy groups -OCH3 is 1. The van der Waals surface area contributed by atoms with Gasteiger partial charge in [-0.2, -0.15) is 0 Å². The average Bonchev–Trinajstić information content (AvgIpc) is 3.08. The van der Waals surface area contributed by atoms with Crippen molar-refractivity contribution < 1.29 is 13.2 Å². The maximum absolute atomic E-state index is 13.5. The van der Waals surface area contributed by atoms with Crippen molar-refractivity contribution in [2.75, 3.05) is 7.11 Å².